The normalized spacial score (nSPS) is 21.2. The molecule has 0 spiro atoms. The average molecular weight is 315 g/mol. The van der Waals surface area contributed by atoms with Crippen LogP contribution in [0, 0.1) is 0 Å². The van der Waals surface area contributed by atoms with Gasteiger partial charge in [-0.15, -0.1) is 0 Å². The van der Waals surface area contributed by atoms with Crippen molar-refractivity contribution in [3.8, 4) is 0 Å². The quantitative estimate of drug-likeness (QED) is 0.735. The number of Topliss-reactive ketones (excluding diaryl/α,β-unsaturated/α-hetero) is 1. The zero-order valence-corrected chi connectivity index (χ0v) is 12.4. The van der Waals surface area contributed by atoms with Gasteiger partial charge in [-0.3, -0.25) is 4.79 Å². The maximum Gasteiger partial charge on any atom is 0.159 e. The third-order valence-electron chi connectivity index (χ3n) is 3.83. The number of ketones is 1. The number of carbonyl (C=O) groups excluding carboxylic acids is 1. The van der Waals surface area contributed by atoms with Crippen LogP contribution < -0.4 is 0 Å². The van der Waals surface area contributed by atoms with Gasteiger partial charge in [-0.25, -0.2) is 0 Å². The minimum atomic E-state index is 0.131. The molecule has 0 bridgehead atoms. The van der Waals surface area contributed by atoms with Crippen LogP contribution in [0.2, 0.25) is 0 Å². The largest absolute Gasteiger partial charge is 0.295 e. The average Bonchev–Trinajstić information content (AvgIpc) is 3.20. The van der Waals surface area contributed by atoms with Gasteiger partial charge in [0.05, 0.1) is 0 Å². The molecule has 1 aliphatic carbocycles. The van der Waals surface area contributed by atoms with Crippen LogP contribution in [0.5, 0.6) is 0 Å². The lowest BCUT2D eigenvalue weighted by atomic mass is 10.0. The van der Waals surface area contributed by atoms with Gasteiger partial charge in [0.25, 0.3) is 0 Å². The fourth-order valence-electron chi connectivity index (χ4n) is 2.61. The van der Waals surface area contributed by atoms with Crippen LogP contribution in [0.3, 0.4) is 0 Å². The Hall–Kier alpha value is -1.41. The molecule has 19 heavy (non-hydrogen) atoms. The van der Waals surface area contributed by atoms with Crippen molar-refractivity contribution in [2.75, 3.05) is 0 Å². The molecule has 1 aliphatic rings. The van der Waals surface area contributed by atoms with Crippen LogP contribution in [0.15, 0.2) is 53.0 Å². The zero-order valence-electron chi connectivity index (χ0n) is 10.8. The van der Waals surface area contributed by atoms with Gasteiger partial charge in [0.2, 0.25) is 0 Å². The molecule has 2 heteroatoms. The number of halogens is 1. The van der Waals surface area contributed by atoms with E-state index in [1.165, 1.54) is 17.5 Å². The molecule has 0 unspecified atom stereocenters. The standard InChI is InChI=1S/C17H15BrO/c1-11(19)12-2-4-13(5-3-12)16-10-17(16)14-6-8-15(18)9-7-14/h2-9,16-17H,10H2,1H3/t16-,17-/m0/s1. The van der Waals surface area contributed by atoms with E-state index in [-0.39, 0.29) is 5.78 Å². The van der Waals surface area contributed by atoms with E-state index in [1.54, 1.807) is 6.92 Å². The van der Waals surface area contributed by atoms with E-state index >= 15 is 0 Å². The second-order valence-corrected chi connectivity index (χ2v) is 6.09. The smallest absolute Gasteiger partial charge is 0.159 e. The third kappa shape index (κ3) is 2.64. The Labute approximate surface area is 121 Å². The second kappa shape index (κ2) is 4.93. The molecular weight excluding hydrogens is 300 g/mol. The van der Waals surface area contributed by atoms with E-state index in [1.807, 2.05) is 12.1 Å². The van der Waals surface area contributed by atoms with Gasteiger partial charge in [-0.2, -0.15) is 0 Å². The summed E-state index contributed by atoms with van der Waals surface area (Å²) in [5.41, 5.74) is 3.55. The molecule has 0 aliphatic heterocycles. The Balaban J connectivity index is 1.75. The van der Waals surface area contributed by atoms with E-state index in [0.29, 0.717) is 11.8 Å². The Kier molecular flexibility index (Phi) is 3.28. The fourth-order valence-corrected chi connectivity index (χ4v) is 2.87. The number of benzene rings is 2. The van der Waals surface area contributed by atoms with Crippen molar-refractivity contribution in [3.05, 3.63) is 69.7 Å². The van der Waals surface area contributed by atoms with Crippen LogP contribution in [-0.4, -0.2) is 5.78 Å². The molecule has 0 saturated heterocycles. The first-order valence-corrected chi connectivity index (χ1v) is 7.31. The van der Waals surface area contributed by atoms with E-state index in [4.69, 9.17) is 0 Å². The molecule has 2 aromatic carbocycles. The highest BCUT2D eigenvalue weighted by molar-refractivity contribution is 9.10. The van der Waals surface area contributed by atoms with Crippen LogP contribution in [0.1, 0.15) is 46.7 Å². The van der Waals surface area contributed by atoms with Crippen molar-refractivity contribution in [3.63, 3.8) is 0 Å². The molecule has 0 heterocycles. The maximum absolute atomic E-state index is 11.3. The topological polar surface area (TPSA) is 17.1 Å². The highest BCUT2D eigenvalue weighted by Gasteiger charge is 2.39. The predicted octanol–water partition coefficient (Wildman–Crippen LogP) is 4.92. The third-order valence-corrected chi connectivity index (χ3v) is 4.36. The van der Waals surface area contributed by atoms with Gasteiger partial charge in [0.1, 0.15) is 0 Å². The van der Waals surface area contributed by atoms with E-state index in [0.717, 1.165) is 10.0 Å². The molecule has 0 aromatic heterocycles. The molecule has 1 nitrogen and oxygen atoms in total. The second-order valence-electron chi connectivity index (χ2n) is 5.18. The van der Waals surface area contributed by atoms with Crippen molar-refractivity contribution >= 4 is 21.7 Å². The molecule has 0 radical (unpaired) electrons. The van der Waals surface area contributed by atoms with Crippen LogP contribution in [0.4, 0.5) is 0 Å². The molecule has 3 rings (SSSR count). The lowest BCUT2D eigenvalue weighted by Crippen LogP contribution is -1.92. The first-order valence-electron chi connectivity index (χ1n) is 6.51. The van der Waals surface area contributed by atoms with Crippen molar-refractivity contribution in [1.29, 1.82) is 0 Å². The predicted molar refractivity (Wildman–Crippen MR) is 80.7 cm³/mol. The van der Waals surface area contributed by atoms with Gasteiger partial charge < -0.3 is 0 Å². The Bertz CT molecular complexity index is 598. The molecular formula is C17H15BrO. The van der Waals surface area contributed by atoms with Crippen molar-refractivity contribution in [1.82, 2.24) is 0 Å². The van der Waals surface area contributed by atoms with Crippen LogP contribution in [0.25, 0.3) is 0 Å². The minimum Gasteiger partial charge on any atom is -0.295 e. The summed E-state index contributed by atoms with van der Waals surface area (Å²) in [5, 5.41) is 0. The monoisotopic (exact) mass is 314 g/mol. The summed E-state index contributed by atoms with van der Waals surface area (Å²) in [6, 6.07) is 16.7. The van der Waals surface area contributed by atoms with E-state index in [2.05, 4.69) is 52.3 Å². The number of hydrogen-bond donors (Lipinski definition) is 0. The summed E-state index contributed by atoms with van der Waals surface area (Å²) in [6.45, 7) is 1.61. The molecule has 1 fully saturated rings. The summed E-state index contributed by atoms with van der Waals surface area (Å²) < 4.78 is 1.12. The zero-order chi connectivity index (χ0) is 13.4. The SMILES string of the molecule is CC(=O)c1ccc([C@@H]2C[C@H]2c2ccc(Br)cc2)cc1. The molecule has 2 atom stereocenters. The lowest BCUT2D eigenvalue weighted by Gasteiger charge is -2.03. The fraction of sp³-hybridized carbons (Fsp3) is 0.235. The molecule has 96 valence electrons. The number of carbonyl (C=O) groups is 1. The summed E-state index contributed by atoms with van der Waals surface area (Å²) in [6.07, 6.45) is 1.21. The summed E-state index contributed by atoms with van der Waals surface area (Å²) in [7, 11) is 0. The summed E-state index contributed by atoms with van der Waals surface area (Å²) >= 11 is 3.46. The highest BCUT2D eigenvalue weighted by atomic mass is 79.9. The van der Waals surface area contributed by atoms with Gasteiger partial charge >= 0.3 is 0 Å². The summed E-state index contributed by atoms with van der Waals surface area (Å²) in [4.78, 5) is 11.3. The van der Waals surface area contributed by atoms with Crippen molar-refractivity contribution in [2.24, 2.45) is 0 Å². The minimum absolute atomic E-state index is 0.131. The number of rotatable bonds is 3. The molecule has 1 saturated carbocycles. The van der Waals surface area contributed by atoms with Crippen molar-refractivity contribution in [2.45, 2.75) is 25.2 Å². The van der Waals surface area contributed by atoms with Crippen molar-refractivity contribution < 1.29 is 4.79 Å². The Morgan fingerprint density at radius 2 is 1.42 bits per heavy atom. The Morgan fingerprint density at radius 3 is 1.89 bits per heavy atom. The first kappa shape index (κ1) is 12.6. The van der Waals surface area contributed by atoms with E-state index < -0.39 is 0 Å². The van der Waals surface area contributed by atoms with E-state index in [9.17, 15) is 4.79 Å². The highest BCUT2D eigenvalue weighted by Crippen LogP contribution is 2.54. The Morgan fingerprint density at radius 1 is 0.947 bits per heavy atom. The summed E-state index contributed by atoms with van der Waals surface area (Å²) in [5.74, 6) is 1.38. The van der Waals surface area contributed by atoms with Gasteiger partial charge in [0, 0.05) is 10.0 Å². The molecule has 0 N–H and O–H groups in total. The van der Waals surface area contributed by atoms with Crippen LogP contribution >= 0.6 is 15.9 Å². The van der Waals surface area contributed by atoms with Gasteiger partial charge in [-0.1, -0.05) is 52.3 Å². The number of hydrogen-bond acceptors (Lipinski definition) is 1. The molecule has 2 aromatic rings. The van der Waals surface area contributed by atoms with Gasteiger partial charge in [0.15, 0.2) is 5.78 Å². The van der Waals surface area contributed by atoms with Gasteiger partial charge in [-0.05, 0) is 48.4 Å². The lowest BCUT2D eigenvalue weighted by molar-refractivity contribution is 0.101. The molecule has 0 amide bonds. The first-order chi connectivity index (χ1) is 9.15. The maximum atomic E-state index is 11.3. The van der Waals surface area contributed by atoms with Crippen LogP contribution in [-0.2, 0) is 0 Å².